The molecule has 2 aromatic heterocycles. The number of hydrogen-bond acceptors (Lipinski definition) is 5. The Hall–Kier alpha value is -1.40. The van der Waals surface area contributed by atoms with E-state index in [9.17, 15) is 0 Å². The van der Waals surface area contributed by atoms with Gasteiger partial charge in [0, 0.05) is 37.7 Å². The van der Waals surface area contributed by atoms with Gasteiger partial charge in [0.25, 0.3) is 0 Å². The second-order valence-electron chi connectivity index (χ2n) is 3.03. The maximum atomic E-state index is 5.46. The molecule has 5 nitrogen and oxygen atoms in total. The summed E-state index contributed by atoms with van der Waals surface area (Å²) in [7, 11) is 1.88. The van der Waals surface area contributed by atoms with Gasteiger partial charge in [0.1, 0.15) is 0 Å². The third-order valence-corrected chi connectivity index (χ3v) is 2.65. The van der Waals surface area contributed by atoms with Gasteiger partial charge in [0.15, 0.2) is 5.16 Å². The van der Waals surface area contributed by atoms with Gasteiger partial charge < -0.3 is 5.73 Å². The minimum Gasteiger partial charge on any atom is -0.326 e. The number of aromatic nitrogens is 4. The summed E-state index contributed by atoms with van der Waals surface area (Å²) >= 11 is 1.48. The number of nitrogens with zero attached hydrogens (tertiary/aromatic N) is 4. The normalized spacial score (nSPS) is 10.5. The minimum atomic E-state index is 0.470. The van der Waals surface area contributed by atoms with E-state index in [1.807, 2.05) is 13.2 Å². The smallest absolute Gasteiger partial charge is 0.192 e. The van der Waals surface area contributed by atoms with Crippen molar-refractivity contribution in [1.82, 2.24) is 19.7 Å². The molecule has 2 N–H and O–H groups in total. The number of nitrogens with two attached hydrogens (primary N) is 1. The van der Waals surface area contributed by atoms with Crippen molar-refractivity contribution in [3.63, 3.8) is 0 Å². The quantitative estimate of drug-likeness (QED) is 0.777. The molecular weight excluding hydrogens is 210 g/mol. The molecule has 0 spiro atoms. The summed E-state index contributed by atoms with van der Waals surface area (Å²) in [5, 5.41) is 4.78. The highest BCUT2D eigenvalue weighted by atomic mass is 32.2. The first kappa shape index (κ1) is 10.1. The molecule has 0 unspecified atom stereocenters. The summed E-state index contributed by atoms with van der Waals surface area (Å²) in [6.07, 6.45) is 7.19. The van der Waals surface area contributed by atoms with E-state index in [2.05, 4.69) is 15.1 Å². The molecule has 0 saturated carbocycles. The highest BCUT2D eigenvalue weighted by Gasteiger charge is 2.02. The lowest BCUT2D eigenvalue weighted by molar-refractivity contribution is 0.766. The summed E-state index contributed by atoms with van der Waals surface area (Å²) in [6.45, 7) is 0.470. The Morgan fingerprint density at radius 1 is 1.33 bits per heavy atom. The van der Waals surface area contributed by atoms with Gasteiger partial charge in [-0.2, -0.15) is 5.10 Å². The van der Waals surface area contributed by atoms with Crippen molar-refractivity contribution in [1.29, 1.82) is 0 Å². The van der Waals surface area contributed by atoms with Crippen LogP contribution in [0.15, 0.2) is 34.8 Å². The number of rotatable bonds is 3. The van der Waals surface area contributed by atoms with Crippen molar-refractivity contribution in [2.45, 2.75) is 16.6 Å². The Kier molecular flexibility index (Phi) is 2.98. The molecule has 0 aromatic carbocycles. The zero-order valence-corrected chi connectivity index (χ0v) is 9.11. The standard InChI is InChI=1S/C9H11N5S/c1-14-6-8(5-13-14)15-9-11-3-7(2-10)4-12-9/h3-6H,2,10H2,1H3. The van der Waals surface area contributed by atoms with Crippen LogP contribution < -0.4 is 5.73 Å². The molecule has 2 aromatic rings. The molecule has 0 radical (unpaired) electrons. The average Bonchev–Trinajstić information content (AvgIpc) is 2.65. The van der Waals surface area contributed by atoms with Gasteiger partial charge in [-0.05, 0) is 11.8 Å². The second-order valence-corrected chi connectivity index (χ2v) is 4.07. The summed E-state index contributed by atoms with van der Waals surface area (Å²) in [5.41, 5.74) is 6.39. The number of hydrogen-bond donors (Lipinski definition) is 1. The summed E-state index contributed by atoms with van der Waals surface area (Å²) in [4.78, 5) is 9.40. The fraction of sp³-hybridized carbons (Fsp3) is 0.222. The Balaban J connectivity index is 2.11. The Bertz CT molecular complexity index is 436. The molecule has 0 aliphatic rings. The zero-order chi connectivity index (χ0) is 10.7. The zero-order valence-electron chi connectivity index (χ0n) is 8.29. The van der Waals surface area contributed by atoms with E-state index in [0.29, 0.717) is 11.7 Å². The van der Waals surface area contributed by atoms with Gasteiger partial charge in [0.2, 0.25) is 0 Å². The third-order valence-electron chi connectivity index (χ3n) is 1.81. The van der Waals surface area contributed by atoms with Crippen LogP contribution in [0.5, 0.6) is 0 Å². The molecule has 0 aliphatic carbocycles. The van der Waals surface area contributed by atoms with E-state index in [1.165, 1.54) is 11.8 Å². The van der Waals surface area contributed by atoms with Crippen LogP contribution in [0.4, 0.5) is 0 Å². The third kappa shape index (κ3) is 2.54. The highest BCUT2D eigenvalue weighted by molar-refractivity contribution is 7.99. The Labute approximate surface area is 91.7 Å². The molecule has 0 atom stereocenters. The van der Waals surface area contributed by atoms with Gasteiger partial charge in [-0.1, -0.05) is 0 Å². The molecule has 15 heavy (non-hydrogen) atoms. The second kappa shape index (κ2) is 4.41. The maximum Gasteiger partial charge on any atom is 0.192 e. The van der Waals surface area contributed by atoms with Crippen molar-refractivity contribution < 1.29 is 0 Å². The van der Waals surface area contributed by atoms with Crippen LogP contribution in [0.3, 0.4) is 0 Å². The molecule has 2 rings (SSSR count). The van der Waals surface area contributed by atoms with Gasteiger partial charge in [-0.25, -0.2) is 9.97 Å². The fourth-order valence-corrected chi connectivity index (χ4v) is 1.78. The summed E-state index contributed by atoms with van der Waals surface area (Å²) in [6, 6.07) is 0. The van der Waals surface area contributed by atoms with Gasteiger partial charge >= 0.3 is 0 Å². The first-order valence-electron chi connectivity index (χ1n) is 4.45. The van der Waals surface area contributed by atoms with Crippen molar-refractivity contribution >= 4 is 11.8 Å². The highest BCUT2D eigenvalue weighted by Crippen LogP contribution is 2.22. The lowest BCUT2D eigenvalue weighted by Crippen LogP contribution is -1.98. The van der Waals surface area contributed by atoms with Crippen LogP contribution in [0.25, 0.3) is 0 Å². The molecule has 0 amide bonds. The van der Waals surface area contributed by atoms with Crippen molar-refractivity contribution in [3.05, 3.63) is 30.4 Å². The van der Waals surface area contributed by atoms with Gasteiger partial charge in [-0.15, -0.1) is 0 Å². The van der Waals surface area contributed by atoms with Gasteiger partial charge in [0.05, 0.1) is 11.1 Å². The first-order chi connectivity index (χ1) is 7.28. The van der Waals surface area contributed by atoms with Crippen LogP contribution in [0, 0.1) is 0 Å². The molecule has 6 heteroatoms. The predicted octanol–water partition coefficient (Wildman–Crippen LogP) is 0.820. The van der Waals surface area contributed by atoms with Gasteiger partial charge in [-0.3, -0.25) is 4.68 Å². The molecule has 2 heterocycles. The molecule has 0 fully saturated rings. The van der Waals surface area contributed by atoms with Crippen LogP contribution >= 0.6 is 11.8 Å². The molecule has 0 saturated heterocycles. The lowest BCUT2D eigenvalue weighted by atomic mass is 10.4. The van der Waals surface area contributed by atoms with E-state index < -0.39 is 0 Å². The van der Waals surface area contributed by atoms with Crippen LogP contribution in [0.1, 0.15) is 5.56 Å². The predicted molar refractivity (Wildman–Crippen MR) is 57.3 cm³/mol. The maximum absolute atomic E-state index is 5.46. The monoisotopic (exact) mass is 221 g/mol. The van der Waals surface area contributed by atoms with Crippen molar-refractivity contribution in [2.24, 2.45) is 12.8 Å². The van der Waals surface area contributed by atoms with E-state index >= 15 is 0 Å². The SMILES string of the molecule is Cn1cc(Sc2ncc(CN)cn2)cn1. The van der Waals surface area contributed by atoms with E-state index in [1.54, 1.807) is 23.3 Å². The molecule has 0 aliphatic heterocycles. The largest absolute Gasteiger partial charge is 0.326 e. The first-order valence-corrected chi connectivity index (χ1v) is 5.27. The molecule has 78 valence electrons. The molecule has 0 bridgehead atoms. The lowest BCUT2D eigenvalue weighted by Gasteiger charge is -1.97. The van der Waals surface area contributed by atoms with Crippen molar-refractivity contribution in [3.8, 4) is 0 Å². The topological polar surface area (TPSA) is 69.6 Å². The van der Waals surface area contributed by atoms with E-state index in [-0.39, 0.29) is 0 Å². The Morgan fingerprint density at radius 2 is 2.07 bits per heavy atom. The molecular formula is C9H11N5S. The van der Waals surface area contributed by atoms with E-state index in [0.717, 1.165) is 10.5 Å². The Morgan fingerprint density at radius 3 is 2.60 bits per heavy atom. The summed E-state index contributed by atoms with van der Waals surface area (Å²) < 4.78 is 1.75. The van der Waals surface area contributed by atoms with Crippen LogP contribution in [0.2, 0.25) is 0 Å². The van der Waals surface area contributed by atoms with Crippen LogP contribution in [-0.4, -0.2) is 19.7 Å². The minimum absolute atomic E-state index is 0.470. The fourth-order valence-electron chi connectivity index (χ4n) is 1.06. The average molecular weight is 221 g/mol. The van der Waals surface area contributed by atoms with Crippen molar-refractivity contribution in [2.75, 3.05) is 0 Å². The van der Waals surface area contributed by atoms with E-state index in [4.69, 9.17) is 5.73 Å². The van der Waals surface area contributed by atoms with Crippen LogP contribution in [-0.2, 0) is 13.6 Å². The summed E-state index contributed by atoms with van der Waals surface area (Å²) in [5.74, 6) is 0. The number of aryl methyl sites for hydroxylation is 1.